The van der Waals surface area contributed by atoms with Crippen molar-refractivity contribution in [3.8, 4) is 11.3 Å². The molecule has 1 aromatic carbocycles. The lowest BCUT2D eigenvalue weighted by atomic mass is 10.1. The number of nitrogens with zero attached hydrogens (tertiary/aromatic N) is 2. The molecule has 1 amide bonds. The molecular formula is C18H16ClN3O. The van der Waals surface area contributed by atoms with E-state index in [9.17, 15) is 4.79 Å². The molecule has 1 N–H and O–H groups in total. The summed E-state index contributed by atoms with van der Waals surface area (Å²) in [7, 11) is 0. The summed E-state index contributed by atoms with van der Waals surface area (Å²) in [6.45, 7) is 2.02. The summed E-state index contributed by atoms with van der Waals surface area (Å²) in [5.41, 5.74) is 3.54. The van der Waals surface area contributed by atoms with Crippen LogP contribution in [0.25, 0.3) is 16.9 Å². The minimum absolute atomic E-state index is 0.0663. The number of hydrogen-bond acceptors (Lipinski definition) is 2. The fourth-order valence-corrected chi connectivity index (χ4v) is 2.86. The van der Waals surface area contributed by atoms with Crippen LogP contribution in [0.1, 0.15) is 18.4 Å². The normalized spacial score (nSPS) is 14.2. The highest BCUT2D eigenvalue weighted by molar-refractivity contribution is 6.30. The van der Waals surface area contributed by atoms with E-state index in [1.165, 1.54) is 0 Å². The number of carbonyl (C=O) groups excluding carboxylic acids is 1. The number of pyridine rings is 1. The molecule has 1 fully saturated rings. The first-order chi connectivity index (χ1) is 11.1. The van der Waals surface area contributed by atoms with Crippen molar-refractivity contribution < 1.29 is 4.79 Å². The summed E-state index contributed by atoms with van der Waals surface area (Å²) >= 11 is 6.12. The van der Waals surface area contributed by atoms with Gasteiger partial charge in [0.2, 0.25) is 5.91 Å². The van der Waals surface area contributed by atoms with Crippen LogP contribution in [0.2, 0.25) is 5.02 Å². The number of fused-ring (bicyclic) bond motifs is 1. The van der Waals surface area contributed by atoms with Crippen LogP contribution < -0.4 is 5.32 Å². The number of halogens is 1. The molecule has 0 bridgehead atoms. The number of aromatic nitrogens is 2. The Morgan fingerprint density at radius 2 is 2.13 bits per heavy atom. The predicted octanol–water partition coefficient (Wildman–Crippen LogP) is 4.31. The molecule has 0 radical (unpaired) electrons. The SMILES string of the molecule is Cc1ccc2nc(-c3cccc(Cl)c3)c(NC(=O)C3CC3)n2c1. The highest BCUT2D eigenvalue weighted by Crippen LogP contribution is 2.34. The van der Waals surface area contributed by atoms with E-state index in [1.54, 1.807) is 0 Å². The summed E-state index contributed by atoms with van der Waals surface area (Å²) in [6.07, 6.45) is 3.92. The molecule has 4 nitrogen and oxygen atoms in total. The maximum Gasteiger partial charge on any atom is 0.228 e. The predicted molar refractivity (Wildman–Crippen MR) is 91.7 cm³/mol. The minimum Gasteiger partial charge on any atom is -0.310 e. The Bertz CT molecular complexity index is 912. The molecule has 23 heavy (non-hydrogen) atoms. The average molecular weight is 326 g/mol. The molecule has 1 aliphatic carbocycles. The molecule has 5 heteroatoms. The number of imidazole rings is 1. The zero-order valence-corrected chi connectivity index (χ0v) is 13.5. The van der Waals surface area contributed by atoms with E-state index in [-0.39, 0.29) is 11.8 Å². The van der Waals surface area contributed by atoms with Crippen LogP contribution >= 0.6 is 11.6 Å². The third-order valence-corrected chi connectivity index (χ3v) is 4.29. The first-order valence-electron chi connectivity index (χ1n) is 7.67. The largest absolute Gasteiger partial charge is 0.310 e. The van der Waals surface area contributed by atoms with Crippen LogP contribution in [0, 0.1) is 12.8 Å². The van der Waals surface area contributed by atoms with Crippen molar-refractivity contribution in [2.45, 2.75) is 19.8 Å². The Hall–Kier alpha value is -2.33. The van der Waals surface area contributed by atoms with Gasteiger partial charge in [-0.3, -0.25) is 9.20 Å². The lowest BCUT2D eigenvalue weighted by molar-refractivity contribution is -0.117. The van der Waals surface area contributed by atoms with Crippen molar-refractivity contribution in [2.24, 2.45) is 5.92 Å². The van der Waals surface area contributed by atoms with E-state index in [2.05, 4.69) is 10.3 Å². The van der Waals surface area contributed by atoms with Gasteiger partial charge in [-0.25, -0.2) is 4.98 Å². The van der Waals surface area contributed by atoms with Crippen LogP contribution in [-0.2, 0) is 4.79 Å². The number of carbonyl (C=O) groups is 1. The summed E-state index contributed by atoms with van der Waals surface area (Å²) in [4.78, 5) is 17.0. The highest BCUT2D eigenvalue weighted by Gasteiger charge is 2.31. The summed E-state index contributed by atoms with van der Waals surface area (Å²) in [5.74, 6) is 0.914. The Kier molecular flexibility index (Phi) is 3.34. The van der Waals surface area contributed by atoms with Gasteiger partial charge in [-0.2, -0.15) is 0 Å². The molecule has 0 aliphatic heterocycles. The van der Waals surface area contributed by atoms with Crippen molar-refractivity contribution in [3.63, 3.8) is 0 Å². The molecular weight excluding hydrogens is 310 g/mol. The molecule has 1 saturated carbocycles. The maximum absolute atomic E-state index is 12.3. The number of nitrogens with one attached hydrogen (secondary N) is 1. The topological polar surface area (TPSA) is 46.4 Å². The Labute approximate surface area is 139 Å². The van der Waals surface area contributed by atoms with Gasteiger partial charge in [0, 0.05) is 22.7 Å². The molecule has 3 aromatic rings. The Balaban J connectivity index is 1.89. The minimum atomic E-state index is 0.0663. The van der Waals surface area contributed by atoms with Crippen molar-refractivity contribution in [2.75, 3.05) is 5.32 Å². The second kappa shape index (κ2) is 5.39. The van der Waals surface area contributed by atoms with Gasteiger partial charge < -0.3 is 5.32 Å². The van der Waals surface area contributed by atoms with E-state index in [4.69, 9.17) is 11.6 Å². The van der Waals surface area contributed by atoms with Crippen molar-refractivity contribution >= 4 is 29.0 Å². The molecule has 2 aromatic heterocycles. The van der Waals surface area contributed by atoms with E-state index < -0.39 is 0 Å². The van der Waals surface area contributed by atoms with Crippen LogP contribution in [0.4, 0.5) is 5.82 Å². The number of anilines is 1. The Morgan fingerprint density at radius 3 is 2.87 bits per heavy atom. The van der Waals surface area contributed by atoms with Crippen LogP contribution in [0.15, 0.2) is 42.6 Å². The van der Waals surface area contributed by atoms with E-state index in [1.807, 2.05) is 53.9 Å². The number of benzene rings is 1. The molecule has 1 aliphatic rings. The smallest absolute Gasteiger partial charge is 0.228 e. The summed E-state index contributed by atoms with van der Waals surface area (Å²) in [6, 6.07) is 11.5. The zero-order chi connectivity index (χ0) is 16.0. The van der Waals surface area contributed by atoms with Crippen LogP contribution in [0.3, 0.4) is 0 Å². The zero-order valence-electron chi connectivity index (χ0n) is 12.7. The Morgan fingerprint density at radius 1 is 1.30 bits per heavy atom. The van der Waals surface area contributed by atoms with Gasteiger partial charge in [0.15, 0.2) is 0 Å². The maximum atomic E-state index is 12.3. The quantitative estimate of drug-likeness (QED) is 0.780. The number of amides is 1. The number of rotatable bonds is 3. The summed E-state index contributed by atoms with van der Waals surface area (Å²) < 4.78 is 1.94. The van der Waals surface area contributed by atoms with Crippen molar-refractivity contribution in [1.29, 1.82) is 0 Å². The van der Waals surface area contributed by atoms with Gasteiger partial charge in [0.05, 0.1) is 0 Å². The first-order valence-corrected chi connectivity index (χ1v) is 8.05. The standard InChI is InChI=1S/C18H16ClN3O/c1-11-5-8-15-20-16(13-3-2-4-14(19)9-13)17(22(15)10-11)21-18(23)12-6-7-12/h2-5,8-10,12H,6-7H2,1H3,(H,21,23). The first kappa shape index (κ1) is 14.3. The molecule has 4 rings (SSSR count). The van der Waals surface area contributed by atoms with Gasteiger partial charge in [0.25, 0.3) is 0 Å². The van der Waals surface area contributed by atoms with Gasteiger partial charge in [-0.05, 0) is 43.5 Å². The van der Waals surface area contributed by atoms with Gasteiger partial charge in [-0.15, -0.1) is 0 Å². The van der Waals surface area contributed by atoms with Crippen LogP contribution in [0.5, 0.6) is 0 Å². The second-order valence-electron chi connectivity index (χ2n) is 6.02. The lowest BCUT2D eigenvalue weighted by Gasteiger charge is -2.08. The fourth-order valence-electron chi connectivity index (χ4n) is 2.67. The van der Waals surface area contributed by atoms with Gasteiger partial charge >= 0.3 is 0 Å². The van der Waals surface area contributed by atoms with E-state index in [0.717, 1.165) is 35.3 Å². The van der Waals surface area contributed by atoms with Crippen LogP contribution in [-0.4, -0.2) is 15.3 Å². The number of aryl methyl sites for hydroxylation is 1. The van der Waals surface area contributed by atoms with Crippen molar-refractivity contribution in [3.05, 3.63) is 53.2 Å². The monoisotopic (exact) mass is 325 g/mol. The van der Waals surface area contributed by atoms with Gasteiger partial charge in [-0.1, -0.05) is 29.8 Å². The lowest BCUT2D eigenvalue weighted by Crippen LogP contribution is -2.15. The van der Waals surface area contributed by atoms with E-state index in [0.29, 0.717) is 10.8 Å². The molecule has 0 spiro atoms. The second-order valence-corrected chi connectivity index (χ2v) is 6.45. The number of hydrogen-bond donors (Lipinski definition) is 1. The molecule has 0 atom stereocenters. The molecule has 0 saturated heterocycles. The summed E-state index contributed by atoms with van der Waals surface area (Å²) in [5, 5.41) is 3.71. The van der Waals surface area contributed by atoms with Gasteiger partial charge in [0.1, 0.15) is 17.2 Å². The highest BCUT2D eigenvalue weighted by atomic mass is 35.5. The molecule has 2 heterocycles. The average Bonchev–Trinajstić information content (AvgIpc) is 3.32. The third-order valence-electron chi connectivity index (χ3n) is 4.05. The van der Waals surface area contributed by atoms with E-state index >= 15 is 0 Å². The molecule has 116 valence electrons. The third kappa shape index (κ3) is 2.70. The van der Waals surface area contributed by atoms with Crippen molar-refractivity contribution in [1.82, 2.24) is 9.38 Å². The molecule has 0 unspecified atom stereocenters. The fraction of sp³-hybridized carbons (Fsp3) is 0.222.